The lowest BCUT2D eigenvalue weighted by atomic mass is 10.0. The summed E-state index contributed by atoms with van der Waals surface area (Å²) in [6, 6.07) is 11.7. The van der Waals surface area contributed by atoms with Crippen LogP contribution in [0.5, 0.6) is 0 Å². The zero-order valence-electron chi connectivity index (χ0n) is 15.2. The number of halogens is 1. The maximum absolute atomic E-state index is 14.4. The molecule has 1 N–H and O–H groups in total. The molecule has 2 aromatic carbocycles. The first-order valence-electron chi connectivity index (χ1n) is 9.06. The number of rotatable bonds is 3. The summed E-state index contributed by atoms with van der Waals surface area (Å²) >= 11 is 0. The third kappa shape index (κ3) is 3.55. The number of nitrogens with zero attached hydrogens (tertiary/aromatic N) is 3. The number of hydrogen-bond donors (Lipinski definition) is 1. The summed E-state index contributed by atoms with van der Waals surface area (Å²) in [5.41, 5.74) is 1.19. The lowest BCUT2D eigenvalue weighted by Crippen LogP contribution is -2.47. The van der Waals surface area contributed by atoms with Crippen LogP contribution in [-0.4, -0.2) is 60.0 Å². The van der Waals surface area contributed by atoms with E-state index < -0.39 is 5.82 Å². The Labute approximate surface area is 162 Å². The van der Waals surface area contributed by atoms with Gasteiger partial charge in [0.25, 0.3) is 11.5 Å². The summed E-state index contributed by atoms with van der Waals surface area (Å²) in [6.07, 6.45) is 0.369. The number of H-pyrrole nitrogens is 1. The van der Waals surface area contributed by atoms with Crippen molar-refractivity contribution in [2.45, 2.75) is 6.42 Å². The molecule has 1 aliphatic rings. The number of benzene rings is 2. The predicted molar refractivity (Wildman–Crippen MR) is 105 cm³/mol. The monoisotopic (exact) mass is 376 g/mol. The SMILES string of the molecule is [B]N1CCN(C(=O)c2cc(Cc3n[nH]c(=O)c4ccccc34)ccc2F)CC1. The fraction of sp³-hybridized carbons (Fsp3) is 0.250. The predicted octanol–water partition coefficient (Wildman–Crippen LogP) is 1.49. The first-order chi connectivity index (χ1) is 13.5. The van der Waals surface area contributed by atoms with Gasteiger partial charge in [0.15, 0.2) is 7.98 Å². The van der Waals surface area contributed by atoms with Crippen LogP contribution in [0.1, 0.15) is 21.6 Å². The van der Waals surface area contributed by atoms with Crippen LogP contribution in [-0.2, 0) is 6.42 Å². The zero-order chi connectivity index (χ0) is 19.7. The van der Waals surface area contributed by atoms with Crippen molar-refractivity contribution < 1.29 is 9.18 Å². The van der Waals surface area contributed by atoms with Gasteiger partial charge in [-0.15, -0.1) is 0 Å². The van der Waals surface area contributed by atoms with Crippen molar-refractivity contribution in [1.29, 1.82) is 0 Å². The van der Waals surface area contributed by atoms with Gasteiger partial charge in [-0.25, -0.2) is 9.49 Å². The van der Waals surface area contributed by atoms with Crippen LogP contribution in [0.15, 0.2) is 47.3 Å². The number of hydrogen-bond acceptors (Lipinski definition) is 4. The van der Waals surface area contributed by atoms with E-state index in [1.807, 2.05) is 12.1 Å². The molecule has 140 valence electrons. The molecule has 8 heteroatoms. The molecule has 0 atom stereocenters. The number of piperazine rings is 1. The molecular weight excluding hydrogens is 358 g/mol. The second-order valence-electron chi connectivity index (χ2n) is 6.86. The van der Waals surface area contributed by atoms with Gasteiger partial charge in [0.05, 0.1) is 16.6 Å². The quantitative estimate of drug-likeness (QED) is 0.704. The highest BCUT2D eigenvalue weighted by molar-refractivity contribution is 6.04. The van der Waals surface area contributed by atoms with Crippen molar-refractivity contribution in [2.75, 3.05) is 26.2 Å². The number of carbonyl (C=O) groups excluding carboxylic acids is 1. The highest BCUT2D eigenvalue weighted by Gasteiger charge is 2.23. The fourth-order valence-corrected chi connectivity index (χ4v) is 3.44. The molecule has 0 saturated carbocycles. The van der Waals surface area contributed by atoms with E-state index in [1.165, 1.54) is 6.07 Å². The van der Waals surface area contributed by atoms with Crippen molar-refractivity contribution in [3.63, 3.8) is 0 Å². The summed E-state index contributed by atoms with van der Waals surface area (Å²) in [4.78, 5) is 27.9. The highest BCUT2D eigenvalue weighted by atomic mass is 19.1. The zero-order valence-corrected chi connectivity index (χ0v) is 15.2. The number of aromatic nitrogens is 2. The topological polar surface area (TPSA) is 69.3 Å². The van der Waals surface area contributed by atoms with Gasteiger partial charge in [-0.05, 0) is 23.8 Å². The number of amides is 1. The Morgan fingerprint density at radius 1 is 1.11 bits per heavy atom. The van der Waals surface area contributed by atoms with Crippen molar-refractivity contribution in [2.24, 2.45) is 0 Å². The Bertz CT molecular complexity index is 1090. The first-order valence-corrected chi connectivity index (χ1v) is 9.06. The summed E-state index contributed by atoms with van der Waals surface area (Å²) in [5.74, 6) is -0.894. The Morgan fingerprint density at radius 2 is 1.82 bits per heavy atom. The highest BCUT2D eigenvalue weighted by Crippen LogP contribution is 2.19. The number of aromatic amines is 1. The maximum Gasteiger partial charge on any atom is 0.272 e. The van der Waals surface area contributed by atoms with E-state index in [9.17, 15) is 14.0 Å². The minimum absolute atomic E-state index is 0.0386. The van der Waals surface area contributed by atoms with E-state index >= 15 is 0 Å². The van der Waals surface area contributed by atoms with E-state index in [4.69, 9.17) is 7.98 Å². The number of carbonyl (C=O) groups is 1. The van der Waals surface area contributed by atoms with E-state index in [0.29, 0.717) is 43.7 Å². The Balaban J connectivity index is 1.64. The molecule has 0 bridgehead atoms. The van der Waals surface area contributed by atoms with Gasteiger partial charge in [-0.2, -0.15) is 5.10 Å². The van der Waals surface area contributed by atoms with Crippen LogP contribution in [0.25, 0.3) is 10.8 Å². The van der Waals surface area contributed by atoms with Crippen molar-refractivity contribution >= 4 is 24.7 Å². The van der Waals surface area contributed by atoms with Crippen LogP contribution < -0.4 is 5.56 Å². The summed E-state index contributed by atoms with van der Waals surface area (Å²) < 4.78 is 14.4. The van der Waals surface area contributed by atoms with Gasteiger partial charge in [0.2, 0.25) is 0 Å². The standard InChI is InChI=1S/C20H18BFN4O2/c21-26-9-7-25(8-10-26)20(28)16-11-13(5-6-17(16)22)12-18-14-3-1-2-4-15(14)19(27)24-23-18/h1-6,11H,7-10,12H2,(H,24,27). The van der Waals surface area contributed by atoms with Crippen LogP contribution in [0.4, 0.5) is 4.39 Å². The second-order valence-corrected chi connectivity index (χ2v) is 6.86. The molecule has 1 amide bonds. The molecule has 0 unspecified atom stereocenters. The molecule has 1 fully saturated rings. The van der Waals surface area contributed by atoms with E-state index in [1.54, 1.807) is 34.0 Å². The van der Waals surface area contributed by atoms with Gasteiger partial charge in [-0.3, -0.25) is 9.59 Å². The van der Waals surface area contributed by atoms with Crippen molar-refractivity contribution in [3.05, 3.63) is 75.5 Å². The van der Waals surface area contributed by atoms with Crippen molar-refractivity contribution in [3.8, 4) is 0 Å². The van der Waals surface area contributed by atoms with Crippen LogP contribution >= 0.6 is 0 Å². The molecule has 6 nitrogen and oxygen atoms in total. The molecule has 2 heterocycles. The number of fused-ring (bicyclic) bond motifs is 1. The Hall–Kier alpha value is -3.00. The van der Waals surface area contributed by atoms with Gasteiger partial charge in [-0.1, -0.05) is 24.3 Å². The van der Waals surface area contributed by atoms with Gasteiger partial charge in [0, 0.05) is 38.0 Å². The molecule has 0 spiro atoms. The van der Waals surface area contributed by atoms with Crippen LogP contribution in [0.2, 0.25) is 0 Å². The van der Waals surface area contributed by atoms with Crippen molar-refractivity contribution in [1.82, 2.24) is 19.9 Å². The molecule has 2 radical (unpaired) electrons. The summed E-state index contributed by atoms with van der Waals surface area (Å²) in [7, 11) is 5.72. The molecule has 28 heavy (non-hydrogen) atoms. The van der Waals surface area contributed by atoms with E-state index in [2.05, 4.69) is 10.2 Å². The second kappa shape index (κ2) is 7.56. The van der Waals surface area contributed by atoms with Crippen LogP contribution in [0.3, 0.4) is 0 Å². The average molecular weight is 376 g/mol. The normalized spacial score (nSPS) is 15.1. The smallest absolute Gasteiger partial charge is 0.272 e. The van der Waals surface area contributed by atoms with Gasteiger partial charge in [0.1, 0.15) is 5.82 Å². The largest absolute Gasteiger partial charge is 0.351 e. The Morgan fingerprint density at radius 3 is 2.57 bits per heavy atom. The lowest BCUT2D eigenvalue weighted by Gasteiger charge is -2.33. The fourth-order valence-electron chi connectivity index (χ4n) is 3.44. The molecule has 1 aromatic heterocycles. The molecule has 0 aliphatic carbocycles. The Kier molecular flexibility index (Phi) is 4.96. The van der Waals surface area contributed by atoms with Crippen LogP contribution in [0, 0.1) is 5.82 Å². The molecule has 3 aromatic rings. The van der Waals surface area contributed by atoms with E-state index in [0.717, 1.165) is 10.9 Å². The van der Waals surface area contributed by atoms with Gasteiger partial charge >= 0.3 is 0 Å². The minimum Gasteiger partial charge on any atom is -0.351 e. The number of nitrogens with one attached hydrogen (secondary N) is 1. The molecule has 1 saturated heterocycles. The maximum atomic E-state index is 14.4. The third-order valence-corrected chi connectivity index (χ3v) is 5.01. The van der Waals surface area contributed by atoms with Gasteiger partial charge < -0.3 is 9.71 Å². The minimum atomic E-state index is -0.553. The van der Waals surface area contributed by atoms with E-state index in [-0.39, 0.29) is 17.0 Å². The third-order valence-electron chi connectivity index (χ3n) is 5.01. The molecule has 4 rings (SSSR count). The first kappa shape index (κ1) is 18.4. The summed E-state index contributed by atoms with van der Waals surface area (Å²) in [5, 5.41) is 7.93. The average Bonchev–Trinajstić information content (AvgIpc) is 2.72. The lowest BCUT2D eigenvalue weighted by molar-refractivity contribution is 0.0695. The molecule has 1 aliphatic heterocycles. The molecular formula is C20H18BFN4O2. The summed E-state index contributed by atoms with van der Waals surface area (Å²) in [6.45, 7) is 2.04.